The van der Waals surface area contributed by atoms with Crippen LogP contribution in [0.1, 0.15) is 44.9 Å². The fourth-order valence-electron chi connectivity index (χ4n) is 4.49. The van der Waals surface area contributed by atoms with Gasteiger partial charge < -0.3 is 10.6 Å². The van der Waals surface area contributed by atoms with Crippen molar-refractivity contribution in [3.63, 3.8) is 0 Å². The van der Waals surface area contributed by atoms with Crippen LogP contribution in [0.15, 0.2) is 24.3 Å². The van der Waals surface area contributed by atoms with Gasteiger partial charge in [-0.25, -0.2) is 0 Å². The Kier molecular flexibility index (Phi) is 4.46. The molecule has 132 valence electrons. The van der Waals surface area contributed by atoms with Crippen LogP contribution < -0.4 is 15.5 Å². The fraction of sp³-hybridized carbons (Fsp3) is 0.526. The summed E-state index contributed by atoms with van der Waals surface area (Å²) in [5.41, 5.74) is 1.49. The van der Waals surface area contributed by atoms with Crippen LogP contribution in [-0.4, -0.2) is 23.0 Å². The number of anilines is 2. The number of nitrogens with one attached hydrogen (secondary N) is 2. The van der Waals surface area contributed by atoms with Crippen molar-refractivity contribution < 1.29 is 9.59 Å². The number of carbonyl (C=O) groups excluding carboxylic acids is 2. The standard InChI is InChI=1S/C19H23N3O2S/c23-17-2-1-3-18(24)22(17)15-8-6-14(7-9-15)20-19(25)21-16-11-12-4-5-13(16)10-12/h6-9,12-13,16H,1-5,10-11H2,(H2,20,21,25). The van der Waals surface area contributed by atoms with Gasteiger partial charge in [0.1, 0.15) is 0 Å². The Bertz CT molecular complexity index is 687. The normalized spacial score (nSPS) is 28.3. The number of nitrogens with zero attached hydrogens (tertiary/aromatic N) is 1. The van der Waals surface area contributed by atoms with E-state index in [0.717, 1.165) is 17.5 Å². The molecule has 0 spiro atoms. The van der Waals surface area contributed by atoms with Crippen LogP contribution in [0.25, 0.3) is 0 Å². The number of hydrogen-bond acceptors (Lipinski definition) is 3. The monoisotopic (exact) mass is 357 g/mol. The highest BCUT2D eigenvalue weighted by Gasteiger charge is 2.39. The summed E-state index contributed by atoms with van der Waals surface area (Å²) in [6.45, 7) is 0. The zero-order valence-corrected chi connectivity index (χ0v) is 15.0. The number of fused-ring (bicyclic) bond motifs is 2. The molecule has 3 aliphatic rings. The summed E-state index contributed by atoms with van der Waals surface area (Å²) in [6, 6.07) is 7.81. The summed E-state index contributed by atoms with van der Waals surface area (Å²) in [4.78, 5) is 25.3. The summed E-state index contributed by atoms with van der Waals surface area (Å²) in [5.74, 6) is 1.41. The van der Waals surface area contributed by atoms with Crippen molar-refractivity contribution in [1.82, 2.24) is 5.32 Å². The number of thiocarbonyl (C=S) groups is 1. The summed E-state index contributed by atoms with van der Waals surface area (Å²) in [6.07, 6.45) is 6.77. The summed E-state index contributed by atoms with van der Waals surface area (Å²) in [5, 5.41) is 7.31. The van der Waals surface area contributed by atoms with Gasteiger partial charge in [-0.2, -0.15) is 0 Å². The lowest BCUT2D eigenvalue weighted by Gasteiger charge is -2.26. The highest BCUT2D eigenvalue weighted by atomic mass is 32.1. The van der Waals surface area contributed by atoms with Crippen LogP contribution in [0.5, 0.6) is 0 Å². The molecule has 2 saturated carbocycles. The Morgan fingerprint density at radius 2 is 1.76 bits per heavy atom. The van der Waals surface area contributed by atoms with Gasteiger partial charge in [0, 0.05) is 24.6 Å². The fourth-order valence-corrected chi connectivity index (χ4v) is 4.76. The highest BCUT2D eigenvalue weighted by Crippen LogP contribution is 2.44. The molecule has 1 saturated heterocycles. The maximum absolute atomic E-state index is 12.0. The van der Waals surface area contributed by atoms with Crippen molar-refractivity contribution in [1.29, 1.82) is 0 Å². The number of imide groups is 1. The highest BCUT2D eigenvalue weighted by molar-refractivity contribution is 7.80. The molecule has 2 N–H and O–H groups in total. The van der Waals surface area contributed by atoms with Crippen LogP contribution in [-0.2, 0) is 9.59 Å². The van der Waals surface area contributed by atoms with Gasteiger partial charge in [-0.15, -0.1) is 0 Å². The molecule has 3 atom stereocenters. The van der Waals surface area contributed by atoms with Crippen molar-refractivity contribution in [2.45, 2.75) is 51.0 Å². The quantitative estimate of drug-likeness (QED) is 0.642. The number of carbonyl (C=O) groups is 2. The molecule has 25 heavy (non-hydrogen) atoms. The van der Waals surface area contributed by atoms with Crippen molar-refractivity contribution in [3.8, 4) is 0 Å². The van der Waals surface area contributed by atoms with Gasteiger partial charge in [-0.1, -0.05) is 6.42 Å². The van der Waals surface area contributed by atoms with Crippen LogP contribution in [0.3, 0.4) is 0 Å². The molecule has 3 unspecified atom stereocenters. The minimum atomic E-state index is -0.120. The second-order valence-electron chi connectivity index (χ2n) is 7.40. The van der Waals surface area contributed by atoms with E-state index in [9.17, 15) is 9.59 Å². The summed E-state index contributed by atoms with van der Waals surface area (Å²) >= 11 is 5.44. The Balaban J connectivity index is 1.36. The van der Waals surface area contributed by atoms with Gasteiger partial charge in [0.05, 0.1) is 5.69 Å². The Morgan fingerprint density at radius 3 is 2.36 bits per heavy atom. The number of hydrogen-bond donors (Lipinski definition) is 2. The molecule has 6 heteroatoms. The van der Waals surface area contributed by atoms with Gasteiger partial charge in [-0.3, -0.25) is 14.5 Å². The molecule has 3 fully saturated rings. The van der Waals surface area contributed by atoms with Gasteiger partial charge in [0.2, 0.25) is 11.8 Å². The molecule has 1 aliphatic heterocycles. The number of benzene rings is 1. The van der Waals surface area contributed by atoms with E-state index in [1.807, 2.05) is 12.1 Å². The van der Waals surface area contributed by atoms with Crippen LogP contribution in [0, 0.1) is 11.8 Å². The SMILES string of the molecule is O=C1CCCC(=O)N1c1ccc(NC(=S)NC2CC3CCC2C3)cc1. The minimum Gasteiger partial charge on any atom is -0.359 e. The van der Waals surface area contributed by atoms with E-state index in [1.165, 1.54) is 30.6 Å². The van der Waals surface area contributed by atoms with Gasteiger partial charge in [0.15, 0.2) is 5.11 Å². The van der Waals surface area contributed by atoms with Crippen LogP contribution in [0.2, 0.25) is 0 Å². The first-order valence-electron chi connectivity index (χ1n) is 9.13. The second-order valence-corrected chi connectivity index (χ2v) is 7.81. The minimum absolute atomic E-state index is 0.120. The lowest BCUT2D eigenvalue weighted by atomic mass is 9.96. The first-order valence-corrected chi connectivity index (χ1v) is 9.54. The molecule has 5 nitrogen and oxygen atoms in total. The van der Waals surface area contributed by atoms with Gasteiger partial charge >= 0.3 is 0 Å². The third kappa shape index (κ3) is 3.40. The number of amides is 2. The van der Waals surface area contributed by atoms with Crippen molar-refractivity contribution in [3.05, 3.63) is 24.3 Å². The maximum Gasteiger partial charge on any atom is 0.233 e. The Morgan fingerprint density at radius 1 is 1.04 bits per heavy atom. The predicted molar refractivity (Wildman–Crippen MR) is 101 cm³/mol. The maximum atomic E-state index is 12.0. The second kappa shape index (κ2) is 6.75. The van der Waals surface area contributed by atoms with E-state index >= 15 is 0 Å². The van der Waals surface area contributed by atoms with Crippen molar-refractivity contribution >= 4 is 40.5 Å². The molecule has 0 radical (unpaired) electrons. The first-order chi connectivity index (χ1) is 12.1. The van der Waals surface area contributed by atoms with E-state index in [1.54, 1.807) is 12.1 Å². The summed E-state index contributed by atoms with van der Waals surface area (Å²) in [7, 11) is 0. The van der Waals surface area contributed by atoms with E-state index in [2.05, 4.69) is 10.6 Å². The zero-order valence-electron chi connectivity index (χ0n) is 14.2. The summed E-state index contributed by atoms with van der Waals surface area (Å²) < 4.78 is 0. The molecule has 1 aromatic rings. The van der Waals surface area contributed by atoms with Crippen LogP contribution >= 0.6 is 12.2 Å². The molecule has 2 amide bonds. The lowest BCUT2D eigenvalue weighted by Crippen LogP contribution is -2.41. The van der Waals surface area contributed by atoms with Crippen molar-refractivity contribution in [2.75, 3.05) is 10.2 Å². The third-order valence-corrected chi connectivity index (χ3v) is 5.94. The molecular formula is C19H23N3O2S. The van der Waals surface area contributed by atoms with E-state index < -0.39 is 0 Å². The lowest BCUT2D eigenvalue weighted by molar-refractivity contribution is -0.129. The topological polar surface area (TPSA) is 61.4 Å². The van der Waals surface area contributed by atoms with Crippen LogP contribution in [0.4, 0.5) is 11.4 Å². The zero-order chi connectivity index (χ0) is 17.4. The largest absolute Gasteiger partial charge is 0.359 e. The predicted octanol–water partition coefficient (Wildman–Crippen LogP) is 3.21. The molecule has 1 aromatic carbocycles. The average molecular weight is 357 g/mol. The van der Waals surface area contributed by atoms with E-state index in [-0.39, 0.29) is 11.8 Å². The molecule has 4 rings (SSSR count). The Hall–Kier alpha value is -1.95. The van der Waals surface area contributed by atoms with E-state index in [0.29, 0.717) is 36.1 Å². The number of piperidine rings is 1. The third-order valence-electron chi connectivity index (χ3n) is 5.72. The smallest absolute Gasteiger partial charge is 0.233 e. The molecule has 1 heterocycles. The van der Waals surface area contributed by atoms with E-state index in [4.69, 9.17) is 12.2 Å². The van der Waals surface area contributed by atoms with Gasteiger partial charge in [-0.05, 0) is 74.0 Å². The molecule has 2 bridgehead atoms. The molecular weight excluding hydrogens is 334 g/mol. The Labute approximate surface area is 153 Å². The molecule has 2 aliphatic carbocycles. The van der Waals surface area contributed by atoms with Gasteiger partial charge in [0.25, 0.3) is 0 Å². The number of rotatable bonds is 3. The molecule has 0 aromatic heterocycles. The average Bonchev–Trinajstić information content (AvgIpc) is 3.19. The van der Waals surface area contributed by atoms with Crippen molar-refractivity contribution in [2.24, 2.45) is 11.8 Å². The first kappa shape index (κ1) is 16.5.